The Balaban J connectivity index is 1.70. The third kappa shape index (κ3) is 5.47. The molecule has 0 aliphatic rings. The van der Waals surface area contributed by atoms with Gasteiger partial charge in [0.25, 0.3) is 11.8 Å². The minimum atomic E-state index is -4.49. The SMILES string of the molecule is Cc1ccc(-n2nc(C)c(C(=O)Nc3ccc(C(=O)NCC(F)(F)F)cc3)n2)c(C)c1. The molecular formula is C21H20F3N5O2. The van der Waals surface area contributed by atoms with Gasteiger partial charge in [0.1, 0.15) is 6.54 Å². The summed E-state index contributed by atoms with van der Waals surface area (Å²) in [5.74, 6) is -1.36. The van der Waals surface area contributed by atoms with E-state index in [9.17, 15) is 22.8 Å². The zero-order valence-corrected chi connectivity index (χ0v) is 17.0. The van der Waals surface area contributed by atoms with E-state index in [2.05, 4.69) is 15.5 Å². The van der Waals surface area contributed by atoms with E-state index >= 15 is 0 Å². The number of rotatable bonds is 5. The molecule has 0 saturated carbocycles. The summed E-state index contributed by atoms with van der Waals surface area (Å²) in [7, 11) is 0. The first kappa shape index (κ1) is 22.0. The molecule has 3 aromatic rings. The molecule has 162 valence electrons. The maximum Gasteiger partial charge on any atom is 0.405 e. The highest BCUT2D eigenvalue weighted by Gasteiger charge is 2.27. The van der Waals surface area contributed by atoms with Gasteiger partial charge in [-0.1, -0.05) is 17.7 Å². The summed E-state index contributed by atoms with van der Waals surface area (Å²) < 4.78 is 36.6. The first-order chi connectivity index (χ1) is 14.5. The van der Waals surface area contributed by atoms with Crippen LogP contribution in [0.25, 0.3) is 5.69 Å². The lowest BCUT2D eigenvalue weighted by molar-refractivity contribution is -0.123. The molecule has 0 fully saturated rings. The summed E-state index contributed by atoms with van der Waals surface area (Å²) in [6, 6.07) is 11.3. The number of alkyl halides is 3. The van der Waals surface area contributed by atoms with Crippen LogP contribution >= 0.6 is 0 Å². The number of carbonyl (C=O) groups is 2. The van der Waals surface area contributed by atoms with E-state index in [-0.39, 0.29) is 11.3 Å². The number of aromatic nitrogens is 3. The van der Waals surface area contributed by atoms with E-state index in [1.54, 1.807) is 12.2 Å². The van der Waals surface area contributed by atoms with Crippen molar-refractivity contribution >= 4 is 17.5 Å². The minimum absolute atomic E-state index is 0.0409. The van der Waals surface area contributed by atoms with Gasteiger partial charge in [0.05, 0.1) is 11.4 Å². The second kappa shape index (κ2) is 8.58. The van der Waals surface area contributed by atoms with E-state index in [0.29, 0.717) is 11.4 Å². The zero-order valence-electron chi connectivity index (χ0n) is 17.0. The van der Waals surface area contributed by atoms with Gasteiger partial charge in [-0.3, -0.25) is 9.59 Å². The van der Waals surface area contributed by atoms with Gasteiger partial charge in [0.15, 0.2) is 5.69 Å². The second-order valence-electron chi connectivity index (χ2n) is 7.04. The third-order valence-corrected chi connectivity index (χ3v) is 4.42. The molecule has 2 amide bonds. The Kier molecular flexibility index (Phi) is 6.09. The molecule has 0 aliphatic heterocycles. The van der Waals surface area contributed by atoms with Crippen molar-refractivity contribution in [3.05, 3.63) is 70.5 Å². The minimum Gasteiger partial charge on any atom is -0.343 e. The highest BCUT2D eigenvalue weighted by atomic mass is 19.4. The fourth-order valence-electron chi connectivity index (χ4n) is 2.90. The van der Waals surface area contributed by atoms with Crippen LogP contribution in [0.15, 0.2) is 42.5 Å². The quantitative estimate of drug-likeness (QED) is 0.644. The van der Waals surface area contributed by atoms with E-state index < -0.39 is 24.5 Å². The number of hydrogen-bond acceptors (Lipinski definition) is 4. The number of nitrogens with zero attached hydrogens (tertiary/aromatic N) is 3. The van der Waals surface area contributed by atoms with Crippen molar-refractivity contribution in [1.29, 1.82) is 0 Å². The Bertz CT molecular complexity index is 1120. The van der Waals surface area contributed by atoms with Crippen LogP contribution in [0.5, 0.6) is 0 Å². The molecule has 31 heavy (non-hydrogen) atoms. The van der Waals surface area contributed by atoms with Gasteiger partial charge < -0.3 is 10.6 Å². The number of halogens is 3. The van der Waals surface area contributed by atoms with Crippen molar-refractivity contribution in [2.45, 2.75) is 26.9 Å². The fourth-order valence-corrected chi connectivity index (χ4v) is 2.90. The Morgan fingerprint density at radius 1 is 0.968 bits per heavy atom. The van der Waals surface area contributed by atoms with E-state index in [0.717, 1.165) is 16.8 Å². The molecule has 7 nitrogen and oxygen atoms in total. The monoisotopic (exact) mass is 431 g/mol. The Morgan fingerprint density at radius 2 is 1.65 bits per heavy atom. The molecule has 0 unspecified atom stereocenters. The van der Waals surface area contributed by atoms with Gasteiger partial charge in [-0.2, -0.15) is 23.1 Å². The van der Waals surface area contributed by atoms with Crippen LogP contribution < -0.4 is 10.6 Å². The van der Waals surface area contributed by atoms with Gasteiger partial charge in [-0.15, -0.1) is 5.10 Å². The van der Waals surface area contributed by atoms with Crippen molar-refractivity contribution in [2.24, 2.45) is 0 Å². The van der Waals surface area contributed by atoms with E-state index in [1.165, 1.54) is 29.1 Å². The van der Waals surface area contributed by atoms with Gasteiger partial charge in [-0.25, -0.2) is 0 Å². The number of carbonyl (C=O) groups excluding carboxylic acids is 2. The standard InChI is InChI=1S/C21H20F3N5O2/c1-12-4-9-17(13(2)10-12)29-27-14(3)18(28-29)20(31)26-16-7-5-15(6-8-16)19(30)25-11-21(22,23)24/h4-10H,11H2,1-3H3,(H,25,30)(H,26,31). The van der Waals surface area contributed by atoms with Crippen molar-refractivity contribution in [2.75, 3.05) is 11.9 Å². The van der Waals surface area contributed by atoms with Gasteiger partial charge in [0.2, 0.25) is 0 Å². The lowest BCUT2D eigenvalue weighted by atomic mass is 10.1. The van der Waals surface area contributed by atoms with Gasteiger partial charge >= 0.3 is 6.18 Å². The predicted octanol–water partition coefficient (Wildman–Crippen LogP) is 3.74. The zero-order chi connectivity index (χ0) is 22.8. The fraction of sp³-hybridized carbons (Fsp3) is 0.238. The smallest absolute Gasteiger partial charge is 0.343 e. The first-order valence-electron chi connectivity index (χ1n) is 9.31. The van der Waals surface area contributed by atoms with Crippen LogP contribution in [-0.2, 0) is 0 Å². The molecule has 1 aromatic heterocycles. The molecule has 2 N–H and O–H groups in total. The molecule has 0 atom stereocenters. The van der Waals surface area contributed by atoms with Crippen molar-refractivity contribution in [3.63, 3.8) is 0 Å². The molecule has 0 bridgehead atoms. The average molecular weight is 431 g/mol. The summed E-state index contributed by atoms with van der Waals surface area (Å²) in [6.07, 6.45) is -4.49. The summed E-state index contributed by atoms with van der Waals surface area (Å²) in [5, 5.41) is 13.0. The summed E-state index contributed by atoms with van der Waals surface area (Å²) in [6.45, 7) is 4.14. The van der Waals surface area contributed by atoms with Crippen molar-refractivity contribution in [1.82, 2.24) is 20.3 Å². The Labute approximate surface area is 176 Å². The lowest BCUT2D eigenvalue weighted by Gasteiger charge is -2.09. The highest BCUT2D eigenvalue weighted by molar-refractivity contribution is 6.04. The molecule has 2 aromatic carbocycles. The highest BCUT2D eigenvalue weighted by Crippen LogP contribution is 2.17. The normalized spacial score (nSPS) is 11.3. The second-order valence-corrected chi connectivity index (χ2v) is 7.04. The molecule has 0 radical (unpaired) electrons. The lowest BCUT2D eigenvalue weighted by Crippen LogP contribution is -2.33. The third-order valence-electron chi connectivity index (χ3n) is 4.42. The van der Waals surface area contributed by atoms with Crippen LogP contribution in [0.4, 0.5) is 18.9 Å². The summed E-state index contributed by atoms with van der Waals surface area (Å²) in [4.78, 5) is 25.8. The molecule has 0 spiro atoms. The number of amides is 2. The average Bonchev–Trinajstić information content (AvgIpc) is 3.07. The van der Waals surface area contributed by atoms with Crippen molar-refractivity contribution in [3.8, 4) is 5.69 Å². The van der Waals surface area contributed by atoms with E-state index in [4.69, 9.17) is 0 Å². The summed E-state index contributed by atoms with van der Waals surface area (Å²) in [5.41, 5.74) is 3.77. The Morgan fingerprint density at radius 3 is 2.26 bits per heavy atom. The van der Waals surface area contributed by atoms with Crippen LogP contribution in [0.3, 0.4) is 0 Å². The Hall–Kier alpha value is -3.69. The van der Waals surface area contributed by atoms with Crippen LogP contribution in [0, 0.1) is 20.8 Å². The molecule has 3 rings (SSSR count). The topological polar surface area (TPSA) is 88.9 Å². The van der Waals surface area contributed by atoms with Gasteiger partial charge in [0, 0.05) is 11.3 Å². The number of benzene rings is 2. The van der Waals surface area contributed by atoms with Crippen LogP contribution in [0.2, 0.25) is 0 Å². The maximum atomic E-state index is 12.6. The van der Waals surface area contributed by atoms with Crippen LogP contribution in [-0.4, -0.2) is 39.5 Å². The number of anilines is 1. The molecular weight excluding hydrogens is 411 g/mol. The largest absolute Gasteiger partial charge is 0.405 e. The number of nitrogens with one attached hydrogen (secondary N) is 2. The summed E-state index contributed by atoms with van der Waals surface area (Å²) >= 11 is 0. The number of hydrogen-bond donors (Lipinski definition) is 2. The van der Waals surface area contributed by atoms with Crippen molar-refractivity contribution < 1.29 is 22.8 Å². The van der Waals surface area contributed by atoms with E-state index in [1.807, 2.05) is 32.0 Å². The maximum absolute atomic E-state index is 12.6. The van der Waals surface area contributed by atoms with Gasteiger partial charge in [-0.05, 0) is 56.7 Å². The first-order valence-corrected chi connectivity index (χ1v) is 9.31. The number of aryl methyl sites for hydroxylation is 3. The molecule has 1 heterocycles. The molecule has 0 aliphatic carbocycles. The molecule has 10 heteroatoms. The predicted molar refractivity (Wildman–Crippen MR) is 108 cm³/mol. The molecule has 0 saturated heterocycles. The van der Waals surface area contributed by atoms with Crippen LogP contribution in [0.1, 0.15) is 37.7 Å².